The third kappa shape index (κ3) is 74.1. The number of benzene rings is 2. The first kappa shape index (κ1) is 116. The van der Waals surface area contributed by atoms with E-state index in [0.29, 0.717) is 0 Å². The molecule has 2 rings (SSSR count). The van der Waals surface area contributed by atoms with Gasteiger partial charge in [-0.3, -0.25) is 0 Å². The maximum absolute atomic E-state index is 12.3. The molecule has 0 aliphatic heterocycles. The Hall–Kier alpha value is -2.75. The summed E-state index contributed by atoms with van der Waals surface area (Å²) in [5.41, 5.74) is -0.275. The van der Waals surface area contributed by atoms with Crippen LogP contribution < -0.4 is 10.2 Å². The number of carbonyl (C=O) groups is 2. The molecule has 0 unspecified atom stereocenters. The summed E-state index contributed by atoms with van der Waals surface area (Å²) in [5.74, 6) is -2.81. The highest BCUT2D eigenvalue weighted by Gasteiger charge is 2.28. The minimum Gasteiger partial charge on any atom is -0.545 e. The van der Waals surface area contributed by atoms with Crippen LogP contribution in [0, 0.1) is 0 Å². The Morgan fingerprint density at radius 2 is 0.286 bits per heavy atom. The number of unbranched alkanes of at least 4 members (excludes halogenated alkanes) is 72. The van der Waals surface area contributed by atoms with Crippen LogP contribution in [0.4, 0.5) is 0 Å². The fraction of sp³-hybridized carbons (Fsp3) is 0.873. The third-order valence-electron chi connectivity index (χ3n) is 26.7. The largest absolute Gasteiger partial charge is 0.545 e. The minimum atomic E-state index is -3.85. The molecule has 8 nitrogen and oxygen atoms in total. The van der Waals surface area contributed by atoms with Gasteiger partial charge in [-0.2, -0.15) is 0 Å². The molecule has 0 radical (unpaired) electrons. The van der Waals surface area contributed by atoms with E-state index in [1.165, 1.54) is 575 Å². The fourth-order valence-corrected chi connectivity index (χ4v) is 19.8. The van der Waals surface area contributed by atoms with Crippen molar-refractivity contribution in [1.82, 2.24) is 0 Å². The zero-order chi connectivity index (χ0) is 86.8. The molecule has 119 heavy (non-hydrogen) atoms. The molecule has 0 aliphatic rings. The monoisotopic (exact) mass is 1690 g/mol. The highest BCUT2D eigenvalue weighted by Crippen LogP contribution is 2.27. The molecule has 0 N–H and O–H groups in total. The molecule has 9 heteroatoms. The lowest BCUT2D eigenvalue weighted by molar-refractivity contribution is -0.929. The normalized spacial score (nSPS) is 11.8. The van der Waals surface area contributed by atoms with Crippen LogP contribution in [0.25, 0.3) is 0 Å². The van der Waals surface area contributed by atoms with Crippen LogP contribution >= 0.6 is 0 Å². The lowest BCUT2D eigenvalue weighted by Crippen LogP contribution is -2.50. The number of aromatic carboxylic acids is 2. The second-order valence-corrected chi connectivity index (χ2v) is 40.0. The summed E-state index contributed by atoms with van der Waals surface area (Å²) < 4.78 is 27.5. The van der Waals surface area contributed by atoms with Crippen LogP contribution in [0.3, 0.4) is 0 Å². The Balaban J connectivity index is 0.00000188. The van der Waals surface area contributed by atoms with Gasteiger partial charge >= 0.3 is 0 Å². The zero-order valence-corrected chi connectivity index (χ0v) is 82.4. The molecule has 0 bridgehead atoms. The van der Waals surface area contributed by atoms with Crippen LogP contribution in [0.5, 0.6) is 0 Å². The fourth-order valence-electron chi connectivity index (χ4n) is 18.5. The molecule has 0 atom stereocenters. The Morgan fingerprint density at radius 3 is 0.387 bits per heavy atom. The summed E-state index contributed by atoms with van der Waals surface area (Å²) >= 11 is 0. The van der Waals surface area contributed by atoms with Gasteiger partial charge in [0.15, 0.2) is 0 Å². The van der Waals surface area contributed by atoms with Crippen molar-refractivity contribution in [1.29, 1.82) is 0 Å². The quantitative estimate of drug-likeness (QED) is 0.0481. The van der Waals surface area contributed by atoms with Gasteiger partial charge in [0.25, 0.3) is 0 Å². The third-order valence-corrected chi connectivity index (χ3v) is 28.5. The Morgan fingerprint density at radius 1 is 0.185 bits per heavy atom. The predicted octanol–water partition coefficient (Wildman–Crippen LogP) is 34.2. The van der Waals surface area contributed by atoms with Gasteiger partial charge in [0.1, 0.15) is 0 Å². The van der Waals surface area contributed by atoms with Gasteiger partial charge in [0.2, 0.25) is 9.84 Å². The van der Waals surface area contributed by atoms with E-state index in [1.54, 1.807) is 0 Å². The van der Waals surface area contributed by atoms with Crippen LogP contribution in [-0.4, -0.2) is 81.7 Å². The Labute approximate surface area is 745 Å². The number of sulfone groups is 1. The van der Waals surface area contributed by atoms with E-state index in [0.717, 1.165) is 48.5 Å². The molecule has 0 saturated carbocycles. The second-order valence-electron chi connectivity index (χ2n) is 38.1. The van der Waals surface area contributed by atoms with E-state index < -0.39 is 21.8 Å². The summed E-state index contributed by atoms with van der Waals surface area (Å²) in [5, 5.41) is 21.2. The summed E-state index contributed by atoms with van der Waals surface area (Å²) in [6.07, 6.45) is 117. The van der Waals surface area contributed by atoms with Crippen molar-refractivity contribution in [2.45, 2.75) is 579 Å². The van der Waals surface area contributed by atoms with Gasteiger partial charge in [-0.25, -0.2) is 8.42 Å². The summed E-state index contributed by atoms with van der Waals surface area (Å²) in [6.45, 7) is 30.6. The van der Waals surface area contributed by atoms with Crippen molar-refractivity contribution in [3.63, 3.8) is 0 Å². The summed E-state index contributed by atoms with van der Waals surface area (Å²) in [6, 6.07) is 9.07. The van der Waals surface area contributed by atoms with Gasteiger partial charge in [-0.1, -0.05) is 491 Å². The second kappa shape index (κ2) is 90.1. The van der Waals surface area contributed by atoms with Crippen molar-refractivity contribution in [3.05, 3.63) is 59.7 Å². The Kier molecular flexibility index (Phi) is 88.0. The average Bonchev–Trinajstić information content (AvgIpc) is 0.820. The van der Waals surface area contributed by atoms with Crippen LogP contribution in [0.2, 0.25) is 0 Å². The standard InChI is InChI=1S/2C48H100N.C14H10O6S/c2*1-5-9-13-17-21-25-29-33-37-41-45-49(46-42-38-34-30-26-22-18-14-10-6-2,47-43-39-35-31-27-23-19-15-11-7-3)48-44-40-36-32-28-24-20-16-12-8-4;15-13(16)9-1-5-11(6-2-9)21(19,20)12-7-3-10(4-8-12)14(17)18/h2*5-48H2,1-4H3;1-8H,(H,15,16)(H,17,18)/q2*+1;/p-2. The van der Waals surface area contributed by atoms with Gasteiger partial charge in [0, 0.05) is 0 Å². The van der Waals surface area contributed by atoms with Crippen molar-refractivity contribution < 1.29 is 37.2 Å². The number of rotatable bonds is 92. The van der Waals surface area contributed by atoms with Crippen LogP contribution in [0.1, 0.15) is 590 Å². The number of carboxylic acid groups (broad SMARTS) is 2. The number of carboxylic acids is 2. The average molecular weight is 1690 g/mol. The van der Waals surface area contributed by atoms with Crippen molar-refractivity contribution >= 4 is 21.8 Å². The first-order valence-electron chi connectivity index (χ1n) is 53.9. The number of hydrogen-bond donors (Lipinski definition) is 0. The van der Waals surface area contributed by atoms with E-state index in [-0.39, 0.29) is 20.9 Å². The van der Waals surface area contributed by atoms with Crippen LogP contribution in [-0.2, 0) is 9.84 Å². The molecule has 0 spiro atoms. The predicted molar refractivity (Wildman–Crippen MR) is 521 cm³/mol. The molecule has 700 valence electrons. The van der Waals surface area contributed by atoms with Gasteiger partial charge in [-0.05, 0) is 138 Å². The van der Waals surface area contributed by atoms with E-state index in [2.05, 4.69) is 55.4 Å². The molecule has 0 aliphatic carbocycles. The highest BCUT2D eigenvalue weighted by atomic mass is 32.2. The minimum absolute atomic E-state index is 0.103. The molecule has 2 aromatic carbocycles. The number of quaternary nitrogens is 2. The topological polar surface area (TPSA) is 114 Å². The maximum Gasteiger partial charge on any atom is 0.206 e. The van der Waals surface area contributed by atoms with E-state index >= 15 is 0 Å². The SMILES string of the molecule is CCCCCCCCCCCC[N+](CCCCCCCCCCCC)(CCCCCCCCCCCC)CCCCCCCCCCCC.CCCCCCCCCCCC[N+](CCCCCCCCCCCC)(CCCCCCCCCCCC)CCCCCCCCCCCC.O=C([O-])c1ccc(S(=O)(=O)c2ccc(C(=O)[O-])cc2)cc1. The van der Waals surface area contributed by atoms with Gasteiger partial charge in [-0.15, -0.1) is 0 Å². The number of nitrogens with zero attached hydrogens (tertiary/aromatic N) is 2. The van der Waals surface area contributed by atoms with Gasteiger partial charge in [0.05, 0.1) is 74.1 Å². The Bertz CT molecular complexity index is 2110. The summed E-state index contributed by atoms with van der Waals surface area (Å²) in [4.78, 5) is 21.0. The molecule has 0 saturated heterocycles. The molecular weight excluding hydrogens is 1480 g/mol. The zero-order valence-electron chi connectivity index (χ0n) is 81.6. The molecular formula is C110H208N2O6S. The van der Waals surface area contributed by atoms with Crippen molar-refractivity contribution in [2.75, 3.05) is 52.4 Å². The molecule has 0 amide bonds. The smallest absolute Gasteiger partial charge is 0.206 e. The van der Waals surface area contributed by atoms with Crippen molar-refractivity contribution in [3.8, 4) is 0 Å². The highest BCUT2D eigenvalue weighted by molar-refractivity contribution is 7.91. The summed E-state index contributed by atoms with van der Waals surface area (Å²) in [7, 11) is -3.85. The van der Waals surface area contributed by atoms with Gasteiger partial charge < -0.3 is 28.8 Å². The molecule has 0 heterocycles. The van der Waals surface area contributed by atoms with Crippen molar-refractivity contribution in [2.24, 2.45) is 0 Å². The number of carbonyl (C=O) groups excluding carboxylic acids is 2. The maximum atomic E-state index is 12.3. The number of hydrogen-bond acceptors (Lipinski definition) is 6. The van der Waals surface area contributed by atoms with E-state index in [1.807, 2.05) is 0 Å². The molecule has 2 aromatic rings. The van der Waals surface area contributed by atoms with Crippen LogP contribution in [0.15, 0.2) is 58.3 Å². The molecule has 0 aromatic heterocycles. The lowest BCUT2D eigenvalue weighted by atomic mass is 10.0. The lowest BCUT2D eigenvalue weighted by Gasteiger charge is -2.40. The van der Waals surface area contributed by atoms with E-state index in [9.17, 15) is 28.2 Å². The first-order chi connectivity index (χ1) is 58.3. The van der Waals surface area contributed by atoms with E-state index in [4.69, 9.17) is 0 Å². The molecule has 0 fully saturated rings. The first-order valence-corrected chi connectivity index (χ1v) is 55.4.